The van der Waals surface area contributed by atoms with Crippen LogP contribution < -0.4 is 5.69 Å². The summed E-state index contributed by atoms with van der Waals surface area (Å²) in [7, 11) is 0. The number of hydrogen-bond donors (Lipinski definition) is 1. The van der Waals surface area contributed by atoms with Crippen molar-refractivity contribution in [2.75, 3.05) is 6.61 Å². The summed E-state index contributed by atoms with van der Waals surface area (Å²) in [5.74, 6) is 0. The van der Waals surface area contributed by atoms with E-state index in [1.807, 2.05) is 30.3 Å². The van der Waals surface area contributed by atoms with Crippen LogP contribution in [0.4, 0.5) is 0 Å². The largest absolute Gasteiger partial charge is 0.396 e. The molecule has 0 bridgehead atoms. The lowest BCUT2D eigenvalue weighted by molar-refractivity contribution is 0.281. The number of aliphatic hydroxyl groups is 1. The van der Waals surface area contributed by atoms with E-state index in [2.05, 4.69) is 10.4 Å². The average molecular weight is 248 g/mol. The molecule has 2 rings (SSSR count). The Kier molecular flexibility index (Phi) is 4.25. The van der Waals surface area contributed by atoms with E-state index in [9.17, 15) is 4.79 Å². The van der Waals surface area contributed by atoms with Crippen LogP contribution in [0.25, 0.3) is 5.69 Å². The molecule has 0 aliphatic heterocycles. The van der Waals surface area contributed by atoms with E-state index in [4.69, 9.17) is 5.11 Å². The number of aromatic nitrogens is 4. The summed E-state index contributed by atoms with van der Waals surface area (Å²) < 4.78 is 2.64. The van der Waals surface area contributed by atoms with Crippen LogP contribution in [0.5, 0.6) is 0 Å². The number of nitrogens with zero attached hydrogens (tertiary/aromatic N) is 4. The lowest BCUT2D eigenvalue weighted by atomic mass is 10.2. The number of hydrogen-bond acceptors (Lipinski definition) is 4. The van der Waals surface area contributed by atoms with Crippen molar-refractivity contribution in [3.63, 3.8) is 0 Å². The topological polar surface area (TPSA) is 72.9 Å². The molecule has 0 aliphatic carbocycles. The Morgan fingerprint density at radius 3 is 2.56 bits per heavy atom. The second kappa shape index (κ2) is 6.11. The summed E-state index contributed by atoms with van der Waals surface area (Å²) >= 11 is 0. The summed E-state index contributed by atoms with van der Waals surface area (Å²) in [6.45, 7) is 0.720. The zero-order valence-corrected chi connectivity index (χ0v) is 10.1. The lowest BCUT2D eigenvalue weighted by Gasteiger charge is -1.98. The van der Waals surface area contributed by atoms with Crippen LogP contribution in [0.2, 0.25) is 0 Å². The maximum atomic E-state index is 12.0. The molecule has 0 radical (unpaired) electrons. The Morgan fingerprint density at radius 2 is 1.83 bits per heavy atom. The minimum Gasteiger partial charge on any atom is -0.396 e. The molecule has 2 aromatic rings. The highest BCUT2D eigenvalue weighted by Crippen LogP contribution is 2.01. The van der Waals surface area contributed by atoms with Crippen LogP contribution in [0.3, 0.4) is 0 Å². The van der Waals surface area contributed by atoms with Crippen molar-refractivity contribution in [3.05, 3.63) is 40.8 Å². The van der Waals surface area contributed by atoms with Crippen molar-refractivity contribution in [2.45, 2.75) is 25.8 Å². The molecule has 0 amide bonds. The molecule has 96 valence electrons. The molecule has 18 heavy (non-hydrogen) atoms. The van der Waals surface area contributed by atoms with E-state index in [0.29, 0.717) is 12.2 Å². The maximum Gasteiger partial charge on any atom is 0.368 e. The fourth-order valence-electron chi connectivity index (χ4n) is 1.70. The molecule has 1 heterocycles. The Labute approximate surface area is 104 Å². The molecule has 0 saturated heterocycles. The zero-order valence-electron chi connectivity index (χ0n) is 10.1. The van der Waals surface area contributed by atoms with Gasteiger partial charge in [0.1, 0.15) is 0 Å². The minimum atomic E-state index is -0.231. The van der Waals surface area contributed by atoms with Gasteiger partial charge in [0.2, 0.25) is 0 Å². The molecule has 6 heteroatoms. The SMILES string of the molecule is O=c1n(CCCCCO)nnn1-c1ccccc1. The van der Waals surface area contributed by atoms with Crippen molar-refractivity contribution in [1.29, 1.82) is 0 Å². The Bertz CT molecular complexity index is 533. The van der Waals surface area contributed by atoms with Gasteiger partial charge in [-0.3, -0.25) is 0 Å². The molecule has 0 aliphatic rings. The molecule has 0 atom stereocenters. The van der Waals surface area contributed by atoms with Crippen molar-refractivity contribution < 1.29 is 5.11 Å². The lowest BCUT2D eigenvalue weighted by Crippen LogP contribution is -2.24. The highest BCUT2D eigenvalue weighted by atomic mass is 16.2. The van der Waals surface area contributed by atoms with E-state index in [1.54, 1.807) is 0 Å². The summed E-state index contributed by atoms with van der Waals surface area (Å²) in [6, 6.07) is 9.20. The number of aryl methyl sites for hydroxylation is 1. The van der Waals surface area contributed by atoms with E-state index in [0.717, 1.165) is 19.3 Å². The molecule has 0 fully saturated rings. The second-order valence-electron chi connectivity index (χ2n) is 4.02. The summed E-state index contributed by atoms with van der Waals surface area (Å²) in [5, 5.41) is 16.4. The van der Waals surface area contributed by atoms with Crippen LogP contribution >= 0.6 is 0 Å². The zero-order chi connectivity index (χ0) is 12.8. The number of para-hydroxylation sites is 1. The molecular formula is C12H16N4O2. The van der Waals surface area contributed by atoms with Gasteiger partial charge in [-0.05, 0) is 41.8 Å². The molecule has 0 spiro atoms. The first kappa shape index (κ1) is 12.5. The fourth-order valence-corrected chi connectivity index (χ4v) is 1.70. The van der Waals surface area contributed by atoms with Gasteiger partial charge in [0.15, 0.2) is 0 Å². The third-order valence-electron chi connectivity index (χ3n) is 2.67. The predicted octanol–water partition coefficient (Wildman–Crippen LogP) is 0.592. The normalized spacial score (nSPS) is 10.7. The van der Waals surface area contributed by atoms with Gasteiger partial charge in [-0.2, -0.15) is 9.36 Å². The molecule has 0 saturated carbocycles. The van der Waals surface area contributed by atoms with Gasteiger partial charge < -0.3 is 5.11 Å². The summed E-state index contributed by atoms with van der Waals surface area (Å²) in [6.07, 6.45) is 2.44. The minimum absolute atomic E-state index is 0.186. The van der Waals surface area contributed by atoms with E-state index in [1.165, 1.54) is 9.36 Å². The number of aliphatic hydroxyl groups excluding tert-OH is 1. The number of unbranched alkanes of at least 4 members (excludes halogenated alkanes) is 2. The van der Waals surface area contributed by atoms with Crippen molar-refractivity contribution in [1.82, 2.24) is 19.8 Å². The number of tetrazole rings is 1. The van der Waals surface area contributed by atoms with Crippen LogP contribution in [0.15, 0.2) is 35.1 Å². The third-order valence-corrected chi connectivity index (χ3v) is 2.67. The highest BCUT2D eigenvalue weighted by molar-refractivity contribution is 5.28. The Morgan fingerprint density at radius 1 is 1.06 bits per heavy atom. The standard InChI is InChI=1S/C12H16N4O2/c17-10-6-2-5-9-15-12(18)16(14-13-15)11-7-3-1-4-8-11/h1,3-4,7-8,17H,2,5-6,9-10H2. The Balaban J connectivity index is 2.07. The fraction of sp³-hybridized carbons (Fsp3) is 0.417. The van der Waals surface area contributed by atoms with Gasteiger partial charge in [-0.25, -0.2) is 4.79 Å². The van der Waals surface area contributed by atoms with E-state index < -0.39 is 0 Å². The van der Waals surface area contributed by atoms with Gasteiger partial charge in [-0.1, -0.05) is 18.2 Å². The van der Waals surface area contributed by atoms with Gasteiger partial charge in [-0.15, -0.1) is 0 Å². The van der Waals surface area contributed by atoms with Crippen molar-refractivity contribution in [3.8, 4) is 5.69 Å². The quantitative estimate of drug-likeness (QED) is 0.759. The monoisotopic (exact) mass is 248 g/mol. The first-order chi connectivity index (χ1) is 8.83. The first-order valence-corrected chi connectivity index (χ1v) is 6.02. The second-order valence-corrected chi connectivity index (χ2v) is 4.02. The van der Waals surface area contributed by atoms with Crippen LogP contribution in [0, 0.1) is 0 Å². The smallest absolute Gasteiger partial charge is 0.368 e. The van der Waals surface area contributed by atoms with Gasteiger partial charge in [0.05, 0.1) is 5.69 Å². The van der Waals surface area contributed by atoms with Crippen molar-refractivity contribution in [2.24, 2.45) is 0 Å². The Hall–Kier alpha value is -1.95. The van der Waals surface area contributed by atoms with Gasteiger partial charge >= 0.3 is 5.69 Å². The average Bonchev–Trinajstić information content (AvgIpc) is 2.77. The molecule has 0 unspecified atom stereocenters. The third kappa shape index (κ3) is 2.84. The molecule has 1 aromatic carbocycles. The van der Waals surface area contributed by atoms with E-state index >= 15 is 0 Å². The van der Waals surface area contributed by atoms with Crippen LogP contribution in [0.1, 0.15) is 19.3 Å². The molecule has 6 nitrogen and oxygen atoms in total. The summed E-state index contributed by atoms with van der Waals surface area (Å²) in [4.78, 5) is 12.0. The highest BCUT2D eigenvalue weighted by Gasteiger charge is 2.07. The first-order valence-electron chi connectivity index (χ1n) is 6.02. The molecule has 1 aromatic heterocycles. The van der Waals surface area contributed by atoms with Crippen LogP contribution in [-0.2, 0) is 6.54 Å². The van der Waals surface area contributed by atoms with E-state index in [-0.39, 0.29) is 12.3 Å². The summed E-state index contributed by atoms with van der Waals surface area (Å²) in [5.41, 5.74) is 0.481. The van der Waals surface area contributed by atoms with Gasteiger partial charge in [0.25, 0.3) is 0 Å². The molecule has 1 N–H and O–H groups in total. The maximum absolute atomic E-state index is 12.0. The van der Waals surface area contributed by atoms with Crippen LogP contribution in [-0.4, -0.2) is 31.5 Å². The number of rotatable bonds is 6. The van der Waals surface area contributed by atoms with Gasteiger partial charge in [0, 0.05) is 13.2 Å². The molecular weight excluding hydrogens is 232 g/mol. The number of benzene rings is 1. The predicted molar refractivity (Wildman–Crippen MR) is 66.6 cm³/mol. The van der Waals surface area contributed by atoms with Crippen molar-refractivity contribution >= 4 is 0 Å².